The fraction of sp³-hybridized carbons (Fsp3) is 0.520. The van der Waals surface area contributed by atoms with Gasteiger partial charge >= 0.3 is 0 Å². The van der Waals surface area contributed by atoms with Gasteiger partial charge in [-0.25, -0.2) is 4.39 Å². The highest BCUT2D eigenvalue weighted by molar-refractivity contribution is 5.41. The molecule has 29 heavy (non-hydrogen) atoms. The molecular formula is C25H29FO3. The van der Waals surface area contributed by atoms with Gasteiger partial charge in [0.1, 0.15) is 18.2 Å². The van der Waals surface area contributed by atoms with Gasteiger partial charge < -0.3 is 14.9 Å². The monoisotopic (exact) mass is 396 g/mol. The van der Waals surface area contributed by atoms with E-state index in [2.05, 4.69) is 25.1 Å². The van der Waals surface area contributed by atoms with Crippen LogP contribution in [0.5, 0.6) is 5.75 Å². The molecule has 0 bridgehead atoms. The Bertz CT molecular complexity index is 895. The van der Waals surface area contributed by atoms with Crippen LogP contribution >= 0.6 is 0 Å². The number of fused-ring (bicyclic) bond motifs is 5. The Hall–Kier alpha value is -1.91. The third kappa shape index (κ3) is 3.17. The highest BCUT2D eigenvalue weighted by atomic mass is 19.1. The number of ether oxygens (including phenoxy) is 1. The van der Waals surface area contributed by atoms with Gasteiger partial charge in [-0.2, -0.15) is 0 Å². The van der Waals surface area contributed by atoms with Gasteiger partial charge in [0.15, 0.2) is 0 Å². The predicted octanol–water partition coefficient (Wildman–Crippen LogP) is 4.59. The highest BCUT2D eigenvalue weighted by Gasteiger charge is 2.57. The topological polar surface area (TPSA) is 49.7 Å². The number of benzene rings is 2. The zero-order chi connectivity index (χ0) is 20.2. The summed E-state index contributed by atoms with van der Waals surface area (Å²) in [4.78, 5) is 0. The Morgan fingerprint density at radius 1 is 1.10 bits per heavy atom. The van der Waals surface area contributed by atoms with Crippen LogP contribution in [-0.2, 0) is 13.0 Å². The number of aryl methyl sites for hydroxylation is 1. The summed E-state index contributed by atoms with van der Waals surface area (Å²) in [5, 5.41) is 20.9. The van der Waals surface area contributed by atoms with E-state index in [0.29, 0.717) is 24.4 Å². The largest absolute Gasteiger partial charge is 0.489 e. The number of hydrogen-bond acceptors (Lipinski definition) is 3. The van der Waals surface area contributed by atoms with Crippen LogP contribution in [0.3, 0.4) is 0 Å². The SMILES string of the molecule is C[C@]12CC[C@@H]3c4ccc(OCc5ccc(F)cc5)cc4CC[C@H]3[C@@H]1C[C@@H](O)[C@@H]2O. The lowest BCUT2D eigenvalue weighted by molar-refractivity contribution is -0.0505. The van der Waals surface area contributed by atoms with E-state index >= 15 is 0 Å². The quantitative estimate of drug-likeness (QED) is 0.798. The van der Waals surface area contributed by atoms with Crippen LogP contribution in [0.15, 0.2) is 42.5 Å². The molecule has 0 radical (unpaired) electrons. The third-order valence-corrected chi connectivity index (χ3v) is 7.99. The standard InChI is InChI=1S/C25H29FO3/c1-25-11-10-20-19-9-7-18(29-14-15-2-5-17(26)6-3-15)12-16(19)4-8-21(20)22(25)13-23(27)24(25)28/h2-3,5-7,9,12,20-24,27-28H,4,8,10-11,13-14H2,1H3/t20-,21-,22+,23-,24+,25+/m1/s1. The van der Waals surface area contributed by atoms with E-state index in [1.54, 1.807) is 12.1 Å². The number of hydrogen-bond donors (Lipinski definition) is 2. The fourth-order valence-corrected chi connectivity index (χ4v) is 6.38. The molecular weight excluding hydrogens is 367 g/mol. The van der Waals surface area contributed by atoms with E-state index in [1.807, 2.05) is 0 Å². The lowest BCUT2D eigenvalue weighted by Gasteiger charge is -2.49. The Kier molecular flexibility index (Phi) is 4.67. The summed E-state index contributed by atoms with van der Waals surface area (Å²) in [5.41, 5.74) is 3.60. The zero-order valence-corrected chi connectivity index (χ0v) is 16.9. The molecule has 5 rings (SSSR count). The lowest BCUT2D eigenvalue weighted by Crippen LogP contribution is -2.44. The minimum absolute atomic E-state index is 0.143. The Labute approximate surface area is 171 Å². The zero-order valence-electron chi connectivity index (χ0n) is 16.9. The molecule has 2 N–H and O–H groups in total. The highest BCUT2D eigenvalue weighted by Crippen LogP contribution is 2.60. The fourth-order valence-electron chi connectivity index (χ4n) is 6.38. The summed E-state index contributed by atoms with van der Waals surface area (Å²) in [6.07, 6.45) is 3.74. The van der Waals surface area contributed by atoms with Crippen LogP contribution in [0, 0.1) is 23.1 Å². The van der Waals surface area contributed by atoms with Crippen LogP contribution in [0.4, 0.5) is 4.39 Å². The molecule has 0 heterocycles. The molecule has 6 atom stereocenters. The number of aliphatic hydroxyl groups excluding tert-OH is 2. The van der Waals surface area contributed by atoms with Crippen LogP contribution in [-0.4, -0.2) is 22.4 Å². The molecule has 154 valence electrons. The summed E-state index contributed by atoms with van der Waals surface area (Å²) in [5.74, 6) is 2.08. The molecule has 0 aliphatic heterocycles. The number of aliphatic hydroxyl groups is 2. The maximum Gasteiger partial charge on any atom is 0.123 e. The molecule has 4 heteroatoms. The molecule has 0 spiro atoms. The molecule has 3 nitrogen and oxygen atoms in total. The van der Waals surface area contributed by atoms with Crippen LogP contribution in [0.25, 0.3) is 0 Å². The Morgan fingerprint density at radius 3 is 2.69 bits per heavy atom. The summed E-state index contributed by atoms with van der Waals surface area (Å²) in [7, 11) is 0. The van der Waals surface area contributed by atoms with Gasteiger partial charge in [-0.05, 0) is 96.2 Å². The van der Waals surface area contributed by atoms with E-state index in [4.69, 9.17) is 4.74 Å². The molecule has 3 aliphatic carbocycles. The number of halogens is 1. The van der Waals surface area contributed by atoms with Crippen LogP contribution < -0.4 is 4.74 Å². The van der Waals surface area contributed by atoms with E-state index in [-0.39, 0.29) is 11.2 Å². The van der Waals surface area contributed by atoms with E-state index in [0.717, 1.165) is 43.4 Å². The Morgan fingerprint density at radius 2 is 1.90 bits per heavy atom. The second-order valence-electron chi connectivity index (χ2n) is 9.48. The van der Waals surface area contributed by atoms with Crippen molar-refractivity contribution in [2.45, 2.75) is 63.8 Å². The van der Waals surface area contributed by atoms with Gasteiger partial charge in [0.2, 0.25) is 0 Å². The smallest absolute Gasteiger partial charge is 0.123 e. The molecule has 0 unspecified atom stereocenters. The first-order valence-electron chi connectivity index (χ1n) is 10.8. The van der Waals surface area contributed by atoms with Crippen molar-refractivity contribution in [3.63, 3.8) is 0 Å². The first-order valence-corrected chi connectivity index (χ1v) is 10.8. The summed E-state index contributed by atoms with van der Waals surface area (Å²) >= 11 is 0. The van der Waals surface area contributed by atoms with Gasteiger partial charge in [0, 0.05) is 0 Å². The van der Waals surface area contributed by atoms with E-state index in [9.17, 15) is 14.6 Å². The molecule has 2 aromatic rings. The molecule has 0 aromatic heterocycles. The number of rotatable bonds is 3. The molecule has 0 saturated heterocycles. The van der Waals surface area contributed by atoms with Crippen molar-refractivity contribution in [3.05, 3.63) is 65.0 Å². The van der Waals surface area contributed by atoms with Gasteiger partial charge in [-0.3, -0.25) is 0 Å². The minimum atomic E-state index is -0.586. The van der Waals surface area contributed by atoms with Crippen LogP contribution in [0.1, 0.15) is 55.2 Å². The summed E-state index contributed by atoms with van der Waals surface area (Å²) in [6, 6.07) is 12.9. The molecule has 3 aliphatic rings. The average molecular weight is 397 g/mol. The Balaban J connectivity index is 1.33. The third-order valence-electron chi connectivity index (χ3n) is 7.99. The lowest BCUT2D eigenvalue weighted by atomic mass is 9.55. The van der Waals surface area contributed by atoms with Gasteiger partial charge in [0.25, 0.3) is 0 Å². The van der Waals surface area contributed by atoms with Crippen molar-refractivity contribution in [1.82, 2.24) is 0 Å². The summed E-state index contributed by atoms with van der Waals surface area (Å²) in [6.45, 7) is 2.61. The average Bonchev–Trinajstić information content (AvgIpc) is 2.97. The van der Waals surface area contributed by atoms with Crippen LogP contribution in [0.2, 0.25) is 0 Å². The second kappa shape index (κ2) is 7.10. The maximum absolute atomic E-state index is 13.1. The second-order valence-corrected chi connectivity index (χ2v) is 9.48. The maximum atomic E-state index is 13.1. The molecule has 2 fully saturated rings. The van der Waals surface area contributed by atoms with Crippen molar-refractivity contribution in [2.75, 3.05) is 0 Å². The van der Waals surface area contributed by atoms with Crippen molar-refractivity contribution >= 4 is 0 Å². The first-order chi connectivity index (χ1) is 14.0. The van der Waals surface area contributed by atoms with Gasteiger partial charge in [0.05, 0.1) is 12.2 Å². The van der Waals surface area contributed by atoms with E-state index in [1.165, 1.54) is 23.3 Å². The van der Waals surface area contributed by atoms with Crippen molar-refractivity contribution in [3.8, 4) is 5.75 Å². The van der Waals surface area contributed by atoms with Gasteiger partial charge in [-0.1, -0.05) is 25.1 Å². The summed E-state index contributed by atoms with van der Waals surface area (Å²) < 4.78 is 19.0. The van der Waals surface area contributed by atoms with E-state index < -0.39 is 12.2 Å². The minimum Gasteiger partial charge on any atom is -0.489 e. The van der Waals surface area contributed by atoms with Crippen molar-refractivity contribution in [2.24, 2.45) is 17.3 Å². The van der Waals surface area contributed by atoms with Gasteiger partial charge in [-0.15, -0.1) is 0 Å². The van der Waals surface area contributed by atoms with Crippen molar-refractivity contribution < 1.29 is 19.3 Å². The first kappa shape index (κ1) is 19.1. The van der Waals surface area contributed by atoms with Crippen molar-refractivity contribution in [1.29, 1.82) is 0 Å². The molecule has 0 amide bonds. The molecule has 2 aromatic carbocycles. The molecule has 2 saturated carbocycles. The predicted molar refractivity (Wildman–Crippen MR) is 109 cm³/mol. The normalized spacial score (nSPS) is 35.5.